The number of aryl methyl sites for hydroxylation is 1. The summed E-state index contributed by atoms with van der Waals surface area (Å²) in [6.45, 7) is 2.84. The Morgan fingerprint density at radius 1 is 1.50 bits per heavy atom. The molecule has 1 aromatic carbocycles. The summed E-state index contributed by atoms with van der Waals surface area (Å²) in [5.41, 5.74) is 6.45. The molecule has 1 unspecified atom stereocenters. The van der Waals surface area contributed by atoms with Crippen LogP contribution in [0.15, 0.2) is 30.6 Å². The van der Waals surface area contributed by atoms with Gasteiger partial charge in [-0.25, -0.2) is 9.37 Å². The number of nitrogens with zero attached hydrogens (tertiary/aromatic N) is 2. The maximum absolute atomic E-state index is 13.8. The number of hydrogen-bond acceptors (Lipinski definition) is 2. The van der Waals surface area contributed by atoms with Crippen molar-refractivity contribution in [1.82, 2.24) is 9.55 Å². The lowest BCUT2D eigenvalue weighted by Gasteiger charge is -2.14. The van der Waals surface area contributed by atoms with E-state index in [9.17, 15) is 4.39 Å². The van der Waals surface area contributed by atoms with Gasteiger partial charge in [-0.1, -0.05) is 23.7 Å². The maximum Gasteiger partial charge on any atom is 0.146 e. The second-order valence-corrected chi connectivity index (χ2v) is 4.49. The van der Waals surface area contributed by atoms with Gasteiger partial charge >= 0.3 is 0 Å². The minimum atomic E-state index is -0.448. The zero-order valence-electron chi connectivity index (χ0n) is 10.1. The van der Waals surface area contributed by atoms with Crippen LogP contribution in [-0.4, -0.2) is 9.55 Å². The highest BCUT2D eigenvalue weighted by Crippen LogP contribution is 2.24. The number of nitrogens with two attached hydrogens (primary N) is 1. The molecule has 1 heterocycles. The fraction of sp³-hybridized carbons (Fsp3) is 0.308. The summed E-state index contributed by atoms with van der Waals surface area (Å²) in [4.78, 5) is 4.23. The van der Waals surface area contributed by atoms with Crippen LogP contribution in [0.3, 0.4) is 0 Å². The van der Waals surface area contributed by atoms with Crippen molar-refractivity contribution >= 4 is 11.6 Å². The molecule has 0 aliphatic carbocycles. The van der Waals surface area contributed by atoms with E-state index in [1.54, 1.807) is 18.3 Å². The molecule has 0 saturated heterocycles. The lowest BCUT2D eigenvalue weighted by molar-refractivity contribution is 0.565. The van der Waals surface area contributed by atoms with Gasteiger partial charge in [0.2, 0.25) is 0 Å². The number of halogens is 2. The van der Waals surface area contributed by atoms with Crippen molar-refractivity contribution in [1.29, 1.82) is 0 Å². The van der Waals surface area contributed by atoms with Crippen molar-refractivity contribution < 1.29 is 4.39 Å². The Kier molecular flexibility index (Phi) is 3.99. The van der Waals surface area contributed by atoms with Crippen LogP contribution in [0.5, 0.6) is 0 Å². The second kappa shape index (κ2) is 5.50. The van der Waals surface area contributed by atoms with Gasteiger partial charge in [-0.2, -0.15) is 0 Å². The molecule has 0 bridgehead atoms. The van der Waals surface area contributed by atoms with E-state index in [0.29, 0.717) is 12.0 Å². The van der Waals surface area contributed by atoms with Gasteiger partial charge in [-0.15, -0.1) is 0 Å². The first-order chi connectivity index (χ1) is 8.63. The van der Waals surface area contributed by atoms with Gasteiger partial charge in [0.1, 0.15) is 11.6 Å². The molecule has 96 valence electrons. The molecule has 0 fully saturated rings. The fourth-order valence-electron chi connectivity index (χ4n) is 1.93. The number of benzene rings is 1. The molecule has 0 saturated carbocycles. The van der Waals surface area contributed by atoms with Gasteiger partial charge in [-0.3, -0.25) is 0 Å². The zero-order valence-corrected chi connectivity index (χ0v) is 10.9. The van der Waals surface area contributed by atoms with Crippen LogP contribution in [0.4, 0.5) is 4.39 Å². The van der Waals surface area contributed by atoms with Gasteiger partial charge in [0, 0.05) is 37.0 Å². The van der Waals surface area contributed by atoms with Crippen molar-refractivity contribution in [2.75, 3.05) is 0 Å². The average molecular weight is 268 g/mol. The van der Waals surface area contributed by atoms with E-state index in [1.807, 2.05) is 17.7 Å². The topological polar surface area (TPSA) is 43.8 Å². The third-order valence-electron chi connectivity index (χ3n) is 2.93. The average Bonchev–Trinajstić information content (AvgIpc) is 2.79. The third-order valence-corrected chi connectivity index (χ3v) is 3.22. The molecule has 0 radical (unpaired) electrons. The summed E-state index contributed by atoms with van der Waals surface area (Å²) in [5, 5.41) is 0.0989. The van der Waals surface area contributed by atoms with Crippen molar-refractivity contribution in [2.45, 2.75) is 25.9 Å². The van der Waals surface area contributed by atoms with Crippen LogP contribution in [0.2, 0.25) is 5.02 Å². The second-order valence-electron chi connectivity index (χ2n) is 4.08. The van der Waals surface area contributed by atoms with E-state index in [2.05, 4.69) is 4.98 Å². The normalized spacial score (nSPS) is 12.7. The Labute approximate surface area is 110 Å². The van der Waals surface area contributed by atoms with Gasteiger partial charge in [0.15, 0.2) is 0 Å². The molecule has 2 N–H and O–H groups in total. The third kappa shape index (κ3) is 2.54. The summed E-state index contributed by atoms with van der Waals surface area (Å²) in [7, 11) is 0. The smallest absolute Gasteiger partial charge is 0.146 e. The van der Waals surface area contributed by atoms with Crippen molar-refractivity contribution in [3.05, 3.63) is 52.8 Å². The molecule has 0 amide bonds. The van der Waals surface area contributed by atoms with Crippen molar-refractivity contribution in [3.63, 3.8) is 0 Å². The van der Waals surface area contributed by atoms with Gasteiger partial charge in [0.25, 0.3) is 0 Å². The maximum atomic E-state index is 13.8. The summed E-state index contributed by atoms with van der Waals surface area (Å²) < 4.78 is 15.8. The van der Waals surface area contributed by atoms with Crippen LogP contribution >= 0.6 is 11.6 Å². The molecule has 0 aliphatic rings. The monoisotopic (exact) mass is 267 g/mol. The number of aromatic nitrogens is 2. The number of hydrogen-bond donors (Lipinski definition) is 1. The summed E-state index contributed by atoms with van der Waals surface area (Å²) in [6.07, 6.45) is 4.09. The van der Waals surface area contributed by atoms with Crippen molar-refractivity contribution in [2.24, 2.45) is 5.73 Å². The van der Waals surface area contributed by atoms with Crippen LogP contribution in [-0.2, 0) is 13.0 Å². The minimum absolute atomic E-state index is 0.0989. The molecule has 1 atom stereocenters. The summed E-state index contributed by atoms with van der Waals surface area (Å²) in [5.74, 6) is 0.408. The van der Waals surface area contributed by atoms with Gasteiger partial charge in [-0.05, 0) is 13.0 Å². The molecule has 1 aromatic heterocycles. The highest BCUT2D eigenvalue weighted by molar-refractivity contribution is 6.30. The SMILES string of the molecule is CCn1ccnc1CC(N)c1cccc(Cl)c1F. The predicted octanol–water partition coefficient (Wildman–Crippen LogP) is 2.94. The Morgan fingerprint density at radius 2 is 2.28 bits per heavy atom. The van der Waals surface area contributed by atoms with Crippen LogP contribution in [0.25, 0.3) is 0 Å². The molecule has 5 heteroatoms. The molecular weight excluding hydrogens is 253 g/mol. The molecular formula is C13H15ClFN3. The molecule has 2 rings (SSSR count). The molecule has 0 spiro atoms. The van der Waals surface area contributed by atoms with E-state index in [1.165, 1.54) is 6.07 Å². The molecule has 2 aromatic rings. The Hall–Kier alpha value is -1.39. The fourth-order valence-corrected chi connectivity index (χ4v) is 2.11. The molecule has 18 heavy (non-hydrogen) atoms. The lowest BCUT2D eigenvalue weighted by atomic mass is 10.0. The highest BCUT2D eigenvalue weighted by atomic mass is 35.5. The van der Waals surface area contributed by atoms with E-state index in [4.69, 9.17) is 17.3 Å². The zero-order chi connectivity index (χ0) is 13.1. The standard InChI is InChI=1S/C13H15ClFN3/c1-2-18-7-6-17-12(18)8-11(16)9-4-3-5-10(14)13(9)15/h3-7,11H,2,8,16H2,1H3. The quantitative estimate of drug-likeness (QED) is 0.926. The number of imidazole rings is 1. The Morgan fingerprint density at radius 3 is 3.00 bits per heavy atom. The first-order valence-corrected chi connectivity index (χ1v) is 6.20. The van der Waals surface area contributed by atoms with Crippen molar-refractivity contribution in [3.8, 4) is 0 Å². The van der Waals surface area contributed by atoms with E-state index in [0.717, 1.165) is 12.4 Å². The first-order valence-electron chi connectivity index (χ1n) is 5.83. The van der Waals surface area contributed by atoms with Gasteiger partial charge < -0.3 is 10.3 Å². The largest absolute Gasteiger partial charge is 0.335 e. The number of rotatable bonds is 4. The van der Waals surface area contributed by atoms with Gasteiger partial charge in [0.05, 0.1) is 5.02 Å². The Bertz CT molecular complexity index is 539. The minimum Gasteiger partial charge on any atom is -0.335 e. The van der Waals surface area contributed by atoms with Crippen LogP contribution < -0.4 is 5.73 Å². The van der Waals surface area contributed by atoms with Crippen LogP contribution in [0.1, 0.15) is 24.4 Å². The highest BCUT2D eigenvalue weighted by Gasteiger charge is 2.16. The first kappa shape index (κ1) is 13.1. The van der Waals surface area contributed by atoms with Crippen LogP contribution in [0, 0.1) is 5.82 Å². The van der Waals surface area contributed by atoms with E-state index >= 15 is 0 Å². The van der Waals surface area contributed by atoms with E-state index < -0.39 is 11.9 Å². The molecule has 3 nitrogen and oxygen atoms in total. The Balaban J connectivity index is 2.22. The summed E-state index contributed by atoms with van der Waals surface area (Å²) in [6, 6.07) is 4.43. The predicted molar refractivity (Wildman–Crippen MR) is 69.9 cm³/mol. The van der Waals surface area contributed by atoms with E-state index in [-0.39, 0.29) is 5.02 Å². The summed E-state index contributed by atoms with van der Waals surface area (Å²) >= 11 is 5.75. The molecule has 0 aliphatic heterocycles. The lowest BCUT2D eigenvalue weighted by Crippen LogP contribution is -2.17.